The van der Waals surface area contributed by atoms with E-state index in [0.717, 1.165) is 17.6 Å². The van der Waals surface area contributed by atoms with Crippen molar-refractivity contribution in [2.75, 3.05) is 13.6 Å². The highest BCUT2D eigenvalue weighted by Crippen LogP contribution is 2.16. The second kappa shape index (κ2) is 4.49. The highest BCUT2D eigenvalue weighted by Gasteiger charge is 2.21. The van der Waals surface area contributed by atoms with Gasteiger partial charge < -0.3 is 9.47 Å². The molecule has 0 radical (unpaired) electrons. The standard InChI is InChI=1S/C11H15BrN2O/c1-13-6-2-3-10(13)8-14-7-9(12)4-5-11(14)15/h4-5,7,10H,2-3,6,8H2,1H3. The summed E-state index contributed by atoms with van der Waals surface area (Å²) >= 11 is 3.39. The summed E-state index contributed by atoms with van der Waals surface area (Å²) in [7, 11) is 2.13. The Bertz CT molecular complexity index is 402. The van der Waals surface area contributed by atoms with E-state index in [2.05, 4.69) is 27.9 Å². The molecule has 0 aromatic carbocycles. The molecule has 0 saturated carbocycles. The van der Waals surface area contributed by atoms with Gasteiger partial charge in [0.25, 0.3) is 5.56 Å². The van der Waals surface area contributed by atoms with E-state index >= 15 is 0 Å². The third-order valence-electron chi connectivity index (χ3n) is 3.03. The van der Waals surface area contributed by atoms with Crippen molar-refractivity contribution in [3.63, 3.8) is 0 Å². The van der Waals surface area contributed by atoms with Gasteiger partial charge >= 0.3 is 0 Å². The third-order valence-corrected chi connectivity index (χ3v) is 3.50. The molecule has 0 aliphatic carbocycles. The zero-order chi connectivity index (χ0) is 10.8. The number of nitrogens with zero attached hydrogens (tertiary/aromatic N) is 2. The van der Waals surface area contributed by atoms with Crippen molar-refractivity contribution in [3.05, 3.63) is 33.2 Å². The first kappa shape index (κ1) is 10.9. The van der Waals surface area contributed by atoms with Crippen LogP contribution < -0.4 is 5.56 Å². The fourth-order valence-corrected chi connectivity index (χ4v) is 2.46. The minimum absolute atomic E-state index is 0.0819. The smallest absolute Gasteiger partial charge is 0.250 e. The summed E-state index contributed by atoms with van der Waals surface area (Å²) in [5.41, 5.74) is 0.0819. The molecule has 1 atom stereocenters. The van der Waals surface area contributed by atoms with Crippen LogP contribution in [0.1, 0.15) is 12.8 Å². The lowest BCUT2D eigenvalue weighted by Crippen LogP contribution is -2.33. The summed E-state index contributed by atoms with van der Waals surface area (Å²) < 4.78 is 2.75. The first-order valence-corrected chi connectivity index (χ1v) is 6.02. The zero-order valence-electron chi connectivity index (χ0n) is 8.82. The topological polar surface area (TPSA) is 25.2 Å². The number of pyridine rings is 1. The molecule has 15 heavy (non-hydrogen) atoms. The van der Waals surface area contributed by atoms with Crippen LogP contribution in [-0.2, 0) is 6.54 Å². The predicted octanol–water partition coefficient (Wildman–Crippen LogP) is 1.71. The fraction of sp³-hybridized carbons (Fsp3) is 0.545. The van der Waals surface area contributed by atoms with Gasteiger partial charge in [-0.1, -0.05) is 0 Å². The van der Waals surface area contributed by atoms with Crippen LogP contribution in [-0.4, -0.2) is 29.1 Å². The number of rotatable bonds is 2. The van der Waals surface area contributed by atoms with Gasteiger partial charge in [-0.3, -0.25) is 4.79 Å². The minimum atomic E-state index is 0.0819. The van der Waals surface area contributed by atoms with Crippen molar-refractivity contribution in [2.45, 2.75) is 25.4 Å². The molecule has 0 spiro atoms. The average molecular weight is 271 g/mol. The summed E-state index contributed by atoms with van der Waals surface area (Å²) in [4.78, 5) is 13.9. The molecule has 4 heteroatoms. The Balaban J connectivity index is 2.16. The van der Waals surface area contributed by atoms with Gasteiger partial charge in [0.15, 0.2) is 0 Å². The maximum atomic E-state index is 11.6. The van der Waals surface area contributed by atoms with Gasteiger partial charge in [-0.25, -0.2) is 0 Å². The van der Waals surface area contributed by atoms with E-state index < -0.39 is 0 Å². The van der Waals surface area contributed by atoms with Crippen LogP contribution in [0.2, 0.25) is 0 Å². The number of hydrogen-bond acceptors (Lipinski definition) is 2. The van der Waals surface area contributed by atoms with Crippen LogP contribution >= 0.6 is 15.9 Å². The Morgan fingerprint density at radius 2 is 2.33 bits per heavy atom. The molecule has 3 nitrogen and oxygen atoms in total. The van der Waals surface area contributed by atoms with Crippen molar-refractivity contribution in [1.29, 1.82) is 0 Å². The fourth-order valence-electron chi connectivity index (χ4n) is 2.08. The Kier molecular flexibility index (Phi) is 3.26. The quantitative estimate of drug-likeness (QED) is 0.818. The van der Waals surface area contributed by atoms with E-state index in [4.69, 9.17) is 0 Å². The maximum Gasteiger partial charge on any atom is 0.250 e. The highest BCUT2D eigenvalue weighted by molar-refractivity contribution is 9.10. The van der Waals surface area contributed by atoms with Crippen LogP contribution in [0.25, 0.3) is 0 Å². The molecule has 0 N–H and O–H groups in total. The maximum absolute atomic E-state index is 11.6. The number of likely N-dealkylation sites (tertiary alicyclic amines) is 1. The second-order valence-corrected chi connectivity index (χ2v) is 5.03. The number of halogens is 1. The molecule has 1 fully saturated rings. The average Bonchev–Trinajstić information content (AvgIpc) is 2.58. The molecule has 2 heterocycles. The summed E-state index contributed by atoms with van der Waals surface area (Å²) in [6.45, 7) is 1.95. The molecule has 0 amide bonds. The molecule has 1 aromatic heterocycles. The molecule has 1 aliphatic heterocycles. The van der Waals surface area contributed by atoms with Crippen LogP contribution in [0, 0.1) is 0 Å². The van der Waals surface area contributed by atoms with E-state index in [1.54, 1.807) is 16.7 Å². The molecule has 2 rings (SSSR count). The Morgan fingerprint density at radius 3 is 3.00 bits per heavy atom. The van der Waals surface area contributed by atoms with Crippen molar-refractivity contribution in [3.8, 4) is 0 Å². The third kappa shape index (κ3) is 2.49. The summed E-state index contributed by atoms with van der Waals surface area (Å²) in [5.74, 6) is 0. The molecule has 0 bridgehead atoms. The normalized spacial score (nSPS) is 22.1. The van der Waals surface area contributed by atoms with Gasteiger partial charge in [0.1, 0.15) is 0 Å². The molecule has 1 unspecified atom stereocenters. The zero-order valence-corrected chi connectivity index (χ0v) is 10.4. The second-order valence-electron chi connectivity index (χ2n) is 4.11. The van der Waals surface area contributed by atoms with Crippen LogP contribution in [0.4, 0.5) is 0 Å². The van der Waals surface area contributed by atoms with Gasteiger partial charge in [0.2, 0.25) is 0 Å². The van der Waals surface area contributed by atoms with Gasteiger partial charge in [0, 0.05) is 29.3 Å². The Labute approximate surface area is 97.8 Å². The van der Waals surface area contributed by atoms with Gasteiger partial charge in [0.05, 0.1) is 0 Å². The van der Waals surface area contributed by atoms with E-state index in [-0.39, 0.29) is 5.56 Å². The van der Waals surface area contributed by atoms with Crippen molar-refractivity contribution < 1.29 is 0 Å². The summed E-state index contributed by atoms with van der Waals surface area (Å²) in [5, 5.41) is 0. The molecular weight excluding hydrogens is 256 g/mol. The molecule has 1 saturated heterocycles. The number of likely N-dealkylation sites (N-methyl/N-ethyl adjacent to an activating group) is 1. The van der Waals surface area contributed by atoms with E-state index in [9.17, 15) is 4.79 Å². The van der Waals surface area contributed by atoms with E-state index in [1.807, 2.05) is 6.20 Å². The van der Waals surface area contributed by atoms with E-state index in [0.29, 0.717) is 6.04 Å². The van der Waals surface area contributed by atoms with Gasteiger partial charge in [-0.05, 0) is 48.4 Å². The summed E-state index contributed by atoms with van der Waals surface area (Å²) in [6, 6.07) is 3.91. The van der Waals surface area contributed by atoms with Gasteiger partial charge in [-0.15, -0.1) is 0 Å². The van der Waals surface area contributed by atoms with E-state index in [1.165, 1.54) is 12.8 Å². The molecule has 82 valence electrons. The van der Waals surface area contributed by atoms with Crippen molar-refractivity contribution >= 4 is 15.9 Å². The molecule has 1 aromatic rings. The lowest BCUT2D eigenvalue weighted by atomic mass is 10.2. The molecular formula is C11H15BrN2O. The first-order valence-electron chi connectivity index (χ1n) is 5.23. The molecule has 1 aliphatic rings. The lowest BCUT2D eigenvalue weighted by molar-refractivity contribution is 0.280. The van der Waals surface area contributed by atoms with Crippen molar-refractivity contribution in [1.82, 2.24) is 9.47 Å². The highest BCUT2D eigenvalue weighted by atomic mass is 79.9. The monoisotopic (exact) mass is 270 g/mol. The lowest BCUT2D eigenvalue weighted by Gasteiger charge is -2.20. The number of hydrogen-bond donors (Lipinski definition) is 0. The van der Waals surface area contributed by atoms with Crippen LogP contribution in [0.5, 0.6) is 0 Å². The first-order chi connectivity index (χ1) is 7.16. The SMILES string of the molecule is CN1CCCC1Cn1cc(Br)ccc1=O. The summed E-state index contributed by atoms with van der Waals surface area (Å²) in [6.07, 6.45) is 4.30. The Hall–Kier alpha value is -0.610. The minimum Gasteiger partial charge on any atom is -0.313 e. The largest absolute Gasteiger partial charge is 0.313 e. The van der Waals surface area contributed by atoms with Gasteiger partial charge in [-0.2, -0.15) is 0 Å². The van der Waals surface area contributed by atoms with Crippen LogP contribution in [0.3, 0.4) is 0 Å². The predicted molar refractivity (Wildman–Crippen MR) is 64.1 cm³/mol. The van der Waals surface area contributed by atoms with Crippen LogP contribution in [0.15, 0.2) is 27.6 Å². The van der Waals surface area contributed by atoms with Crippen molar-refractivity contribution in [2.24, 2.45) is 0 Å². The number of aromatic nitrogens is 1. The Morgan fingerprint density at radius 1 is 1.53 bits per heavy atom.